The van der Waals surface area contributed by atoms with E-state index < -0.39 is 24.1 Å². The molecule has 1 aliphatic heterocycles. The summed E-state index contributed by atoms with van der Waals surface area (Å²) in [6.45, 7) is 2.12. The number of para-hydroxylation sites is 1. The molecular weight excluding hydrogens is 276 g/mol. The molecular formula is C14H16N2O5. The van der Waals surface area contributed by atoms with Crippen molar-refractivity contribution < 1.29 is 23.9 Å². The minimum Gasteiger partial charge on any atom is -0.459 e. The number of nitrogens with one attached hydrogen (secondary N) is 1. The van der Waals surface area contributed by atoms with Crippen molar-refractivity contribution in [3.63, 3.8) is 0 Å². The zero-order chi connectivity index (χ0) is 15.2. The van der Waals surface area contributed by atoms with Gasteiger partial charge in [0.1, 0.15) is 6.10 Å². The maximum absolute atomic E-state index is 11.8. The minimum atomic E-state index is -0.943. The lowest BCUT2D eigenvalue weighted by Crippen LogP contribution is -2.39. The van der Waals surface area contributed by atoms with Gasteiger partial charge in [0.15, 0.2) is 0 Å². The fourth-order valence-electron chi connectivity index (χ4n) is 1.92. The molecule has 0 spiro atoms. The fourth-order valence-corrected chi connectivity index (χ4v) is 1.92. The van der Waals surface area contributed by atoms with Crippen molar-refractivity contribution in [2.75, 3.05) is 24.6 Å². The first-order chi connectivity index (χ1) is 10.1. The van der Waals surface area contributed by atoms with Crippen LogP contribution in [0.3, 0.4) is 0 Å². The molecule has 1 heterocycles. The number of benzene rings is 1. The highest BCUT2D eigenvalue weighted by Crippen LogP contribution is 2.20. The Kier molecular flexibility index (Phi) is 4.76. The quantitative estimate of drug-likeness (QED) is 0.652. The van der Waals surface area contributed by atoms with Crippen LogP contribution < -0.4 is 10.2 Å². The van der Waals surface area contributed by atoms with Crippen LogP contribution in [-0.2, 0) is 19.1 Å². The lowest BCUT2D eigenvalue weighted by Gasteiger charge is -2.12. The highest BCUT2D eigenvalue weighted by Gasteiger charge is 2.32. The SMILES string of the molecule is CCOC(=O)C(=O)NCC1CN(c2ccccc2)C(=O)O1. The number of hydrogen-bond acceptors (Lipinski definition) is 5. The predicted octanol–water partition coefficient (Wildman–Crippen LogP) is 0.691. The highest BCUT2D eigenvalue weighted by atomic mass is 16.6. The van der Waals surface area contributed by atoms with Crippen molar-refractivity contribution in [1.29, 1.82) is 0 Å². The molecule has 1 saturated heterocycles. The molecule has 1 N–H and O–H groups in total. The average Bonchev–Trinajstić information content (AvgIpc) is 2.87. The van der Waals surface area contributed by atoms with E-state index in [0.29, 0.717) is 6.54 Å². The van der Waals surface area contributed by atoms with Gasteiger partial charge in [-0.1, -0.05) is 18.2 Å². The Morgan fingerprint density at radius 3 is 2.76 bits per heavy atom. The van der Waals surface area contributed by atoms with Gasteiger partial charge < -0.3 is 14.8 Å². The summed E-state index contributed by atoms with van der Waals surface area (Å²) < 4.78 is 9.70. The van der Waals surface area contributed by atoms with Crippen LogP contribution in [0.15, 0.2) is 30.3 Å². The summed E-state index contributed by atoms with van der Waals surface area (Å²) in [5.74, 6) is -1.78. The highest BCUT2D eigenvalue weighted by molar-refractivity contribution is 6.32. The second kappa shape index (κ2) is 6.74. The maximum Gasteiger partial charge on any atom is 0.414 e. The Hall–Kier alpha value is -2.57. The van der Waals surface area contributed by atoms with Crippen molar-refractivity contribution in [3.8, 4) is 0 Å². The van der Waals surface area contributed by atoms with Gasteiger partial charge in [0.25, 0.3) is 0 Å². The number of esters is 1. The Morgan fingerprint density at radius 1 is 1.38 bits per heavy atom. The smallest absolute Gasteiger partial charge is 0.414 e. The van der Waals surface area contributed by atoms with E-state index >= 15 is 0 Å². The van der Waals surface area contributed by atoms with E-state index in [4.69, 9.17) is 4.74 Å². The number of hydrogen-bond donors (Lipinski definition) is 1. The third-order valence-electron chi connectivity index (χ3n) is 2.89. The van der Waals surface area contributed by atoms with Gasteiger partial charge in [0, 0.05) is 5.69 Å². The van der Waals surface area contributed by atoms with E-state index in [1.165, 1.54) is 4.90 Å². The zero-order valence-electron chi connectivity index (χ0n) is 11.6. The van der Waals surface area contributed by atoms with E-state index in [1.54, 1.807) is 19.1 Å². The van der Waals surface area contributed by atoms with E-state index in [2.05, 4.69) is 10.1 Å². The monoisotopic (exact) mass is 292 g/mol. The molecule has 1 unspecified atom stereocenters. The summed E-state index contributed by atoms with van der Waals surface area (Å²) in [6.07, 6.45) is -0.979. The molecule has 0 radical (unpaired) electrons. The summed E-state index contributed by atoms with van der Waals surface area (Å²) >= 11 is 0. The van der Waals surface area contributed by atoms with Gasteiger partial charge in [0.05, 0.1) is 19.7 Å². The van der Waals surface area contributed by atoms with Gasteiger partial charge in [-0.3, -0.25) is 9.69 Å². The number of nitrogens with zero attached hydrogens (tertiary/aromatic N) is 1. The Morgan fingerprint density at radius 2 is 2.10 bits per heavy atom. The molecule has 0 aromatic heterocycles. The van der Waals surface area contributed by atoms with Gasteiger partial charge in [0.2, 0.25) is 0 Å². The number of cyclic esters (lactones) is 1. The molecule has 1 aromatic carbocycles. The van der Waals surface area contributed by atoms with E-state index in [0.717, 1.165) is 5.69 Å². The van der Waals surface area contributed by atoms with Crippen molar-refractivity contribution >= 4 is 23.7 Å². The number of anilines is 1. The van der Waals surface area contributed by atoms with E-state index in [1.807, 2.05) is 18.2 Å². The molecule has 1 aliphatic rings. The molecule has 1 atom stereocenters. The van der Waals surface area contributed by atoms with Crippen LogP contribution >= 0.6 is 0 Å². The molecule has 2 amide bonds. The molecule has 112 valence electrons. The van der Waals surface area contributed by atoms with Gasteiger partial charge >= 0.3 is 18.0 Å². The van der Waals surface area contributed by atoms with Crippen LogP contribution in [0.5, 0.6) is 0 Å². The Bertz CT molecular complexity index is 531. The predicted molar refractivity (Wildman–Crippen MR) is 73.7 cm³/mol. The molecule has 21 heavy (non-hydrogen) atoms. The van der Waals surface area contributed by atoms with Crippen LogP contribution in [0.25, 0.3) is 0 Å². The van der Waals surface area contributed by atoms with Gasteiger partial charge in [-0.15, -0.1) is 0 Å². The molecule has 7 heteroatoms. The summed E-state index contributed by atoms with van der Waals surface area (Å²) in [6, 6.07) is 9.07. The molecule has 7 nitrogen and oxygen atoms in total. The van der Waals surface area contributed by atoms with Crippen LogP contribution in [0.4, 0.5) is 10.5 Å². The topological polar surface area (TPSA) is 84.9 Å². The minimum absolute atomic E-state index is 0.0622. The number of carbonyl (C=O) groups is 3. The summed E-state index contributed by atoms with van der Waals surface area (Å²) in [5.41, 5.74) is 0.724. The average molecular weight is 292 g/mol. The molecule has 2 rings (SSSR count). The first-order valence-electron chi connectivity index (χ1n) is 6.60. The first-order valence-corrected chi connectivity index (χ1v) is 6.60. The third kappa shape index (κ3) is 3.71. The van der Waals surface area contributed by atoms with Gasteiger partial charge in [-0.2, -0.15) is 0 Å². The van der Waals surface area contributed by atoms with Gasteiger partial charge in [-0.25, -0.2) is 9.59 Å². The number of amides is 2. The van der Waals surface area contributed by atoms with Crippen LogP contribution in [0, 0.1) is 0 Å². The first kappa shape index (κ1) is 14.8. The largest absolute Gasteiger partial charge is 0.459 e. The second-order valence-corrected chi connectivity index (χ2v) is 4.38. The molecule has 0 bridgehead atoms. The lowest BCUT2D eigenvalue weighted by molar-refractivity contribution is -0.154. The zero-order valence-corrected chi connectivity index (χ0v) is 11.6. The van der Waals surface area contributed by atoms with E-state index in [9.17, 15) is 14.4 Å². The molecule has 0 saturated carbocycles. The summed E-state index contributed by atoms with van der Waals surface area (Å²) in [5, 5.41) is 2.38. The lowest BCUT2D eigenvalue weighted by atomic mass is 10.2. The summed E-state index contributed by atoms with van der Waals surface area (Å²) in [7, 11) is 0. The van der Waals surface area contributed by atoms with Crippen LogP contribution in [-0.4, -0.2) is 43.8 Å². The summed E-state index contributed by atoms with van der Waals surface area (Å²) in [4.78, 5) is 35.8. The van der Waals surface area contributed by atoms with Crippen LogP contribution in [0.1, 0.15) is 6.92 Å². The van der Waals surface area contributed by atoms with Crippen molar-refractivity contribution in [3.05, 3.63) is 30.3 Å². The van der Waals surface area contributed by atoms with Crippen molar-refractivity contribution in [2.45, 2.75) is 13.0 Å². The molecule has 0 aliphatic carbocycles. The fraction of sp³-hybridized carbons (Fsp3) is 0.357. The number of ether oxygens (including phenoxy) is 2. The molecule has 1 fully saturated rings. The second-order valence-electron chi connectivity index (χ2n) is 4.38. The third-order valence-corrected chi connectivity index (χ3v) is 2.89. The molecule has 1 aromatic rings. The van der Waals surface area contributed by atoms with E-state index in [-0.39, 0.29) is 13.2 Å². The Labute approximate surface area is 121 Å². The van der Waals surface area contributed by atoms with Crippen LogP contribution in [0.2, 0.25) is 0 Å². The maximum atomic E-state index is 11.8. The number of rotatable bonds is 4. The van der Waals surface area contributed by atoms with Crippen molar-refractivity contribution in [1.82, 2.24) is 5.32 Å². The van der Waals surface area contributed by atoms with Gasteiger partial charge in [-0.05, 0) is 19.1 Å². The number of carbonyl (C=O) groups excluding carboxylic acids is 3. The van der Waals surface area contributed by atoms with Crippen molar-refractivity contribution in [2.24, 2.45) is 0 Å². The normalized spacial score (nSPS) is 17.3. The standard InChI is InChI=1S/C14H16N2O5/c1-2-20-13(18)12(17)15-8-11-9-16(14(19)21-11)10-6-4-3-5-7-10/h3-7,11H,2,8-9H2,1H3,(H,15,17). The Balaban J connectivity index is 1.86.